The fourth-order valence-electron chi connectivity index (χ4n) is 1.83. The molecule has 0 aromatic rings. The topological polar surface area (TPSA) is 52.5 Å². The Morgan fingerprint density at radius 3 is 2.17 bits per heavy atom. The summed E-state index contributed by atoms with van der Waals surface area (Å²) in [5, 5.41) is 21.6. The van der Waals surface area contributed by atoms with Crippen LogP contribution < -0.4 is 5.32 Å². The SMILES string of the molecule is CC(CO)(CO)C1CCNCC1. The van der Waals surface area contributed by atoms with Gasteiger partial charge in [-0.05, 0) is 31.8 Å². The van der Waals surface area contributed by atoms with Gasteiger partial charge >= 0.3 is 0 Å². The Labute approximate surface area is 73.8 Å². The monoisotopic (exact) mass is 173 g/mol. The molecule has 1 rings (SSSR count). The molecule has 12 heavy (non-hydrogen) atoms. The molecule has 0 aromatic heterocycles. The van der Waals surface area contributed by atoms with Gasteiger partial charge in [0.25, 0.3) is 0 Å². The Kier molecular flexibility index (Phi) is 3.50. The molecule has 0 unspecified atom stereocenters. The van der Waals surface area contributed by atoms with E-state index in [9.17, 15) is 0 Å². The van der Waals surface area contributed by atoms with Gasteiger partial charge in [0.05, 0.1) is 13.2 Å². The standard InChI is InChI=1S/C9H19NO2/c1-9(6-11,7-12)8-2-4-10-5-3-8/h8,10-12H,2-7H2,1H3. The van der Waals surface area contributed by atoms with Crippen molar-refractivity contribution in [2.24, 2.45) is 11.3 Å². The van der Waals surface area contributed by atoms with Crippen molar-refractivity contribution >= 4 is 0 Å². The Hall–Kier alpha value is -0.120. The Balaban J connectivity index is 2.51. The van der Waals surface area contributed by atoms with Crippen LogP contribution in [0.1, 0.15) is 19.8 Å². The van der Waals surface area contributed by atoms with Crippen LogP contribution >= 0.6 is 0 Å². The highest BCUT2D eigenvalue weighted by atomic mass is 16.3. The van der Waals surface area contributed by atoms with Gasteiger partial charge in [0, 0.05) is 5.41 Å². The molecule has 0 aliphatic carbocycles. The first-order chi connectivity index (χ1) is 5.73. The number of piperidine rings is 1. The molecule has 0 saturated carbocycles. The van der Waals surface area contributed by atoms with E-state index in [0.29, 0.717) is 5.92 Å². The molecule has 0 radical (unpaired) electrons. The molecule has 1 saturated heterocycles. The molecule has 0 amide bonds. The number of aliphatic hydroxyl groups is 2. The van der Waals surface area contributed by atoms with Gasteiger partial charge in [0.2, 0.25) is 0 Å². The summed E-state index contributed by atoms with van der Waals surface area (Å²) in [7, 11) is 0. The zero-order valence-electron chi connectivity index (χ0n) is 7.71. The molecule has 3 nitrogen and oxygen atoms in total. The summed E-state index contributed by atoms with van der Waals surface area (Å²) in [6.45, 7) is 4.17. The van der Waals surface area contributed by atoms with Crippen LogP contribution in [0.5, 0.6) is 0 Å². The predicted molar refractivity (Wildman–Crippen MR) is 47.9 cm³/mol. The molecule has 3 heteroatoms. The Bertz CT molecular complexity index is 128. The van der Waals surface area contributed by atoms with Crippen LogP contribution in [0.3, 0.4) is 0 Å². The molecule has 1 heterocycles. The second kappa shape index (κ2) is 4.21. The minimum atomic E-state index is -0.276. The molecule has 1 aliphatic heterocycles. The summed E-state index contributed by atoms with van der Waals surface area (Å²) >= 11 is 0. The zero-order chi connectivity index (χ0) is 9.03. The lowest BCUT2D eigenvalue weighted by Gasteiger charge is -2.37. The van der Waals surface area contributed by atoms with Crippen molar-refractivity contribution in [3.05, 3.63) is 0 Å². The highest BCUT2D eigenvalue weighted by Crippen LogP contribution is 2.32. The smallest absolute Gasteiger partial charge is 0.0509 e. The van der Waals surface area contributed by atoms with Crippen molar-refractivity contribution < 1.29 is 10.2 Å². The van der Waals surface area contributed by atoms with Gasteiger partial charge in [-0.3, -0.25) is 0 Å². The summed E-state index contributed by atoms with van der Waals surface area (Å²) in [6.07, 6.45) is 2.13. The molecule has 0 aromatic carbocycles. The first-order valence-electron chi connectivity index (χ1n) is 4.65. The van der Waals surface area contributed by atoms with E-state index in [4.69, 9.17) is 10.2 Å². The maximum Gasteiger partial charge on any atom is 0.0509 e. The molecular formula is C9H19NO2. The fourth-order valence-corrected chi connectivity index (χ4v) is 1.83. The number of aliphatic hydroxyl groups excluding tert-OH is 2. The van der Waals surface area contributed by atoms with E-state index in [0.717, 1.165) is 25.9 Å². The van der Waals surface area contributed by atoms with Gasteiger partial charge < -0.3 is 15.5 Å². The summed E-state index contributed by atoms with van der Waals surface area (Å²) in [5.74, 6) is 0.466. The Morgan fingerprint density at radius 1 is 1.25 bits per heavy atom. The van der Waals surface area contributed by atoms with Crippen LogP contribution in [0.4, 0.5) is 0 Å². The normalized spacial score (nSPS) is 21.2. The van der Waals surface area contributed by atoms with Crippen molar-refractivity contribution in [1.82, 2.24) is 5.32 Å². The zero-order valence-corrected chi connectivity index (χ0v) is 7.71. The molecule has 0 atom stereocenters. The number of nitrogens with one attached hydrogen (secondary N) is 1. The van der Waals surface area contributed by atoms with Crippen LogP contribution in [0.2, 0.25) is 0 Å². The van der Waals surface area contributed by atoms with Crippen molar-refractivity contribution in [3.63, 3.8) is 0 Å². The van der Waals surface area contributed by atoms with Crippen LogP contribution in [0, 0.1) is 11.3 Å². The second-order valence-electron chi connectivity index (χ2n) is 3.99. The molecule has 1 aliphatic rings. The molecule has 0 bridgehead atoms. The first kappa shape index (κ1) is 9.96. The van der Waals surface area contributed by atoms with E-state index < -0.39 is 0 Å². The van der Waals surface area contributed by atoms with E-state index >= 15 is 0 Å². The average Bonchev–Trinajstić information content (AvgIpc) is 2.18. The fraction of sp³-hybridized carbons (Fsp3) is 1.00. The predicted octanol–water partition coefficient (Wildman–Crippen LogP) is -0.0231. The minimum Gasteiger partial charge on any atom is -0.396 e. The first-order valence-corrected chi connectivity index (χ1v) is 4.65. The van der Waals surface area contributed by atoms with Gasteiger partial charge in [-0.1, -0.05) is 6.92 Å². The van der Waals surface area contributed by atoms with Crippen LogP contribution in [-0.2, 0) is 0 Å². The van der Waals surface area contributed by atoms with E-state index in [-0.39, 0.29) is 18.6 Å². The van der Waals surface area contributed by atoms with Crippen molar-refractivity contribution in [2.75, 3.05) is 26.3 Å². The lowest BCUT2D eigenvalue weighted by Crippen LogP contribution is -2.41. The third kappa shape index (κ3) is 1.97. The van der Waals surface area contributed by atoms with Gasteiger partial charge in [0.15, 0.2) is 0 Å². The lowest BCUT2D eigenvalue weighted by atomic mass is 9.73. The van der Waals surface area contributed by atoms with E-state index in [2.05, 4.69) is 5.32 Å². The van der Waals surface area contributed by atoms with Crippen molar-refractivity contribution in [2.45, 2.75) is 19.8 Å². The second-order valence-corrected chi connectivity index (χ2v) is 3.99. The maximum atomic E-state index is 9.16. The molecule has 3 N–H and O–H groups in total. The van der Waals surface area contributed by atoms with E-state index in [1.165, 1.54) is 0 Å². The highest BCUT2D eigenvalue weighted by Gasteiger charge is 2.33. The third-order valence-corrected chi connectivity index (χ3v) is 3.05. The summed E-state index contributed by atoms with van der Waals surface area (Å²) in [4.78, 5) is 0. The number of hydrogen-bond donors (Lipinski definition) is 3. The maximum absolute atomic E-state index is 9.16. The highest BCUT2D eigenvalue weighted by molar-refractivity contribution is 4.84. The Morgan fingerprint density at radius 2 is 1.75 bits per heavy atom. The lowest BCUT2D eigenvalue weighted by molar-refractivity contribution is 0.00723. The molecule has 72 valence electrons. The molecule has 1 fully saturated rings. The quantitative estimate of drug-likeness (QED) is 0.562. The van der Waals surface area contributed by atoms with Crippen LogP contribution in [0.15, 0.2) is 0 Å². The third-order valence-electron chi connectivity index (χ3n) is 3.05. The van der Waals surface area contributed by atoms with E-state index in [1.54, 1.807) is 0 Å². The van der Waals surface area contributed by atoms with Gasteiger partial charge in [-0.25, -0.2) is 0 Å². The van der Waals surface area contributed by atoms with E-state index in [1.807, 2.05) is 6.92 Å². The van der Waals surface area contributed by atoms with Gasteiger partial charge in [-0.2, -0.15) is 0 Å². The minimum absolute atomic E-state index is 0.0914. The number of rotatable bonds is 3. The molecule has 0 spiro atoms. The van der Waals surface area contributed by atoms with Crippen molar-refractivity contribution in [1.29, 1.82) is 0 Å². The van der Waals surface area contributed by atoms with Crippen LogP contribution in [0.25, 0.3) is 0 Å². The van der Waals surface area contributed by atoms with Gasteiger partial charge in [-0.15, -0.1) is 0 Å². The summed E-state index contributed by atoms with van der Waals surface area (Å²) in [5.41, 5.74) is -0.276. The summed E-state index contributed by atoms with van der Waals surface area (Å²) in [6, 6.07) is 0. The summed E-state index contributed by atoms with van der Waals surface area (Å²) < 4.78 is 0. The van der Waals surface area contributed by atoms with Gasteiger partial charge in [0.1, 0.15) is 0 Å². The molecular weight excluding hydrogens is 154 g/mol. The average molecular weight is 173 g/mol. The van der Waals surface area contributed by atoms with Crippen LogP contribution in [-0.4, -0.2) is 36.5 Å². The number of hydrogen-bond acceptors (Lipinski definition) is 3. The largest absolute Gasteiger partial charge is 0.396 e. The van der Waals surface area contributed by atoms with Crippen molar-refractivity contribution in [3.8, 4) is 0 Å².